The number of nitrogens with zero attached hydrogens (tertiary/aromatic N) is 5. The van der Waals surface area contributed by atoms with Gasteiger partial charge in [0.2, 0.25) is 5.88 Å². The van der Waals surface area contributed by atoms with Gasteiger partial charge in [-0.3, -0.25) is 4.90 Å². The number of nitrogens with two attached hydrogens (primary N) is 1. The summed E-state index contributed by atoms with van der Waals surface area (Å²) in [4.78, 5) is 29.1. The summed E-state index contributed by atoms with van der Waals surface area (Å²) in [6.07, 6.45) is -5.97. The Labute approximate surface area is 323 Å². The fourth-order valence-corrected chi connectivity index (χ4v) is 6.98. The first-order valence-electron chi connectivity index (χ1n) is 17.1. The van der Waals surface area contributed by atoms with Crippen molar-refractivity contribution >= 4 is 17.6 Å². The molecule has 0 unspecified atom stereocenters. The predicted octanol–water partition coefficient (Wildman–Crippen LogP) is 5.40. The first kappa shape index (κ1) is 40.9. The van der Waals surface area contributed by atoms with Crippen LogP contribution in [0.15, 0.2) is 91.4 Å². The number of alkyl halides is 6. The van der Waals surface area contributed by atoms with E-state index in [4.69, 9.17) is 25.2 Å². The predicted molar refractivity (Wildman–Crippen MR) is 188 cm³/mol. The Kier molecular flexibility index (Phi) is 12.1. The van der Waals surface area contributed by atoms with Gasteiger partial charge in [-0.15, -0.1) is 0 Å². The molecule has 290 valence electrons. The number of carbonyl (C=O) groups excluding carboxylic acids is 1. The van der Waals surface area contributed by atoms with Crippen LogP contribution in [0.25, 0.3) is 11.1 Å². The van der Waals surface area contributed by atoms with Crippen molar-refractivity contribution in [3.63, 3.8) is 0 Å². The molecule has 5 aromatic rings. The van der Waals surface area contributed by atoms with Crippen LogP contribution in [-0.4, -0.2) is 40.3 Å². The summed E-state index contributed by atoms with van der Waals surface area (Å²) in [7, 11) is 1.41. The van der Waals surface area contributed by atoms with E-state index >= 15 is 0 Å². The Morgan fingerprint density at radius 2 is 1.64 bits per heavy atom. The van der Waals surface area contributed by atoms with Crippen LogP contribution in [0.1, 0.15) is 66.4 Å². The Hall–Kier alpha value is -5.25. The molecular weight excluding hydrogens is 794 g/mol. The molecule has 0 radical (unpaired) electrons. The molecule has 0 aliphatic carbocycles. The number of anilines is 2. The lowest BCUT2D eigenvalue weighted by molar-refractivity contribution is -0.687. The molecule has 1 aliphatic rings. The minimum absolute atomic E-state index is 0. The van der Waals surface area contributed by atoms with E-state index < -0.39 is 47.5 Å². The van der Waals surface area contributed by atoms with Crippen molar-refractivity contribution in [2.75, 3.05) is 24.4 Å². The van der Waals surface area contributed by atoms with Crippen LogP contribution in [0, 0.1) is 0 Å². The minimum atomic E-state index is -5.06. The monoisotopic (exact) mass is 830 g/mol. The van der Waals surface area contributed by atoms with Crippen molar-refractivity contribution < 1.29 is 62.2 Å². The fourth-order valence-electron chi connectivity index (χ4n) is 6.98. The number of methoxy groups -OCH3 is 1. The maximum Gasteiger partial charge on any atom is 0.416 e. The van der Waals surface area contributed by atoms with Gasteiger partial charge in [0.25, 0.3) is 0 Å². The van der Waals surface area contributed by atoms with Gasteiger partial charge in [-0.1, -0.05) is 37.3 Å². The van der Waals surface area contributed by atoms with Gasteiger partial charge in [-0.05, 0) is 62.1 Å². The standard InChI is InChI=1S/C39H37F6N6O3.BrH/c1-4-37(19-25-16-27(38(40,41)42)18-28(17-25)39(43,44)45)20-29(33-31(13-14-32(48-33)53-3)51(37)36(52)54-5-2)35-47-21-30(34(46)49-35)26-12-9-15-50(23-26)22-24-10-7-6-8-11-24;/h6-18,21,23,29H,4-5,19-20,22H2,1-3H3,(H2,46,47,49);1H/q+1;/p-1/t29-,37-;/m0./s1. The number of aromatic nitrogens is 4. The van der Waals surface area contributed by atoms with Crippen molar-refractivity contribution in [1.29, 1.82) is 0 Å². The normalized spacial score (nSPS) is 16.9. The summed E-state index contributed by atoms with van der Waals surface area (Å²) in [5, 5.41) is 0. The van der Waals surface area contributed by atoms with Crippen molar-refractivity contribution in [2.45, 2.75) is 63.5 Å². The molecule has 9 nitrogen and oxygen atoms in total. The van der Waals surface area contributed by atoms with Gasteiger partial charge >= 0.3 is 18.4 Å². The molecule has 0 saturated carbocycles. The Balaban J connectivity index is 0.00000580. The smallest absolute Gasteiger partial charge is 0.416 e. The summed E-state index contributed by atoms with van der Waals surface area (Å²) in [6, 6.07) is 18.1. The van der Waals surface area contributed by atoms with Crippen LogP contribution in [0.4, 0.5) is 42.6 Å². The lowest BCUT2D eigenvalue weighted by atomic mass is 9.73. The summed E-state index contributed by atoms with van der Waals surface area (Å²) >= 11 is 0. The van der Waals surface area contributed by atoms with E-state index in [-0.39, 0.29) is 71.3 Å². The first-order chi connectivity index (χ1) is 25.7. The molecule has 16 heteroatoms. The van der Waals surface area contributed by atoms with Gasteiger partial charge in [0.15, 0.2) is 18.9 Å². The highest BCUT2D eigenvalue weighted by atomic mass is 79.9. The Morgan fingerprint density at radius 1 is 0.945 bits per heavy atom. The van der Waals surface area contributed by atoms with Crippen LogP contribution < -0.4 is 36.9 Å². The quantitative estimate of drug-likeness (QED) is 0.157. The summed E-state index contributed by atoms with van der Waals surface area (Å²) in [5.41, 5.74) is 4.83. The minimum Gasteiger partial charge on any atom is -1.00 e. The second-order valence-electron chi connectivity index (χ2n) is 13.0. The van der Waals surface area contributed by atoms with E-state index in [2.05, 4.69) is 4.98 Å². The third kappa shape index (κ3) is 8.69. The molecule has 2 N–H and O–H groups in total. The average molecular weight is 832 g/mol. The number of nitrogen functional groups attached to an aromatic ring is 1. The number of benzene rings is 2. The number of hydrogen-bond donors (Lipinski definition) is 1. The average Bonchev–Trinajstić information content (AvgIpc) is 3.14. The van der Waals surface area contributed by atoms with Crippen molar-refractivity contribution in [3.05, 3.63) is 125 Å². The van der Waals surface area contributed by atoms with Gasteiger partial charge in [0.1, 0.15) is 11.6 Å². The second-order valence-corrected chi connectivity index (χ2v) is 13.0. The van der Waals surface area contributed by atoms with E-state index in [1.54, 1.807) is 26.1 Å². The van der Waals surface area contributed by atoms with Crippen LogP contribution in [0.5, 0.6) is 5.88 Å². The molecule has 2 atom stereocenters. The zero-order valence-electron chi connectivity index (χ0n) is 30.0. The fraction of sp³-hybridized carbons (Fsp3) is 0.308. The van der Waals surface area contributed by atoms with Gasteiger partial charge in [-0.2, -0.15) is 26.3 Å². The highest BCUT2D eigenvalue weighted by molar-refractivity contribution is 5.91. The Bertz CT molecular complexity index is 2120. The Morgan fingerprint density at radius 3 is 2.24 bits per heavy atom. The number of halogens is 7. The van der Waals surface area contributed by atoms with Crippen molar-refractivity contribution in [2.24, 2.45) is 0 Å². The highest BCUT2D eigenvalue weighted by Crippen LogP contribution is 2.49. The molecule has 3 aromatic heterocycles. The van der Waals surface area contributed by atoms with Crippen LogP contribution in [-0.2, 0) is 30.1 Å². The molecule has 55 heavy (non-hydrogen) atoms. The zero-order chi connectivity index (χ0) is 38.8. The lowest BCUT2D eigenvalue weighted by Gasteiger charge is -2.49. The third-order valence-corrected chi connectivity index (χ3v) is 9.53. The van der Waals surface area contributed by atoms with E-state index in [1.807, 2.05) is 59.4 Å². The van der Waals surface area contributed by atoms with Gasteiger partial charge in [-0.25, -0.2) is 24.3 Å². The van der Waals surface area contributed by atoms with Gasteiger partial charge in [0, 0.05) is 29.5 Å². The van der Waals surface area contributed by atoms with Crippen molar-refractivity contribution in [3.8, 4) is 17.0 Å². The third-order valence-electron chi connectivity index (χ3n) is 9.53. The molecule has 1 aliphatic heterocycles. The number of rotatable bonds is 9. The van der Waals surface area contributed by atoms with E-state index in [1.165, 1.54) is 18.1 Å². The summed E-state index contributed by atoms with van der Waals surface area (Å²) in [6.45, 7) is 3.83. The number of pyridine rings is 2. The number of carbonyl (C=O) groups is 1. The second kappa shape index (κ2) is 16.2. The molecule has 4 heterocycles. The summed E-state index contributed by atoms with van der Waals surface area (Å²) in [5.74, 6) is -0.322. The van der Waals surface area contributed by atoms with Crippen molar-refractivity contribution in [1.82, 2.24) is 15.0 Å². The first-order valence-corrected chi connectivity index (χ1v) is 17.1. The number of ether oxygens (including phenoxy) is 2. The maximum absolute atomic E-state index is 14.0. The SMILES string of the molecule is CCOC(=O)N1c2ccc(OC)nc2[C@@H](c2ncc(-c3ccc[n+](Cc4ccccc4)c3)c(N)n2)C[C@]1(CC)Cc1cc(C(F)(F)F)cc(C(F)(F)F)c1.[Br-]. The molecule has 0 bridgehead atoms. The topological polar surface area (TPSA) is 107 Å². The molecule has 0 fully saturated rings. The van der Waals surface area contributed by atoms with Crippen LogP contribution in [0.3, 0.4) is 0 Å². The lowest BCUT2D eigenvalue weighted by Crippen LogP contribution is -3.00. The van der Waals surface area contributed by atoms with Gasteiger partial charge in [0.05, 0.1) is 53.2 Å². The van der Waals surface area contributed by atoms with E-state index in [0.29, 0.717) is 29.9 Å². The molecule has 0 spiro atoms. The van der Waals surface area contributed by atoms with Crippen LogP contribution in [0.2, 0.25) is 0 Å². The van der Waals surface area contributed by atoms with Gasteiger partial charge < -0.3 is 32.2 Å². The number of amides is 1. The zero-order valence-corrected chi connectivity index (χ0v) is 31.5. The van der Waals surface area contributed by atoms with E-state index in [9.17, 15) is 31.1 Å². The van der Waals surface area contributed by atoms with E-state index in [0.717, 1.165) is 11.1 Å². The van der Waals surface area contributed by atoms with Crippen LogP contribution >= 0.6 is 0 Å². The molecule has 0 saturated heterocycles. The molecular formula is C39H37BrF6N6O3. The molecule has 2 aromatic carbocycles. The number of fused-ring (bicyclic) bond motifs is 1. The summed E-state index contributed by atoms with van der Waals surface area (Å²) < 4.78 is 96.6. The maximum atomic E-state index is 14.0. The molecule has 6 rings (SSSR count). The largest absolute Gasteiger partial charge is 1.00 e. The molecule has 1 amide bonds. The highest BCUT2D eigenvalue weighted by Gasteiger charge is 2.50. The number of hydrogen-bond acceptors (Lipinski definition) is 7.